The van der Waals surface area contributed by atoms with Gasteiger partial charge in [-0.15, -0.1) is 0 Å². The summed E-state index contributed by atoms with van der Waals surface area (Å²) in [7, 11) is 0. The monoisotopic (exact) mass is 778 g/mol. The van der Waals surface area contributed by atoms with E-state index in [2.05, 4.69) is 184 Å². The van der Waals surface area contributed by atoms with Gasteiger partial charge in [0.25, 0.3) is 0 Å². The van der Waals surface area contributed by atoms with Gasteiger partial charge in [-0.25, -0.2) is 4.98 Å². The van der Waals surface area contributed by atoms with Crippen LogP contribution < -0.4 is 0 Å². The van der Waals surface area contributed by atoms with Crippen LogP contribution in [0, 0.1) is 0 Å². The van der Waals surface area contributed by atoms with Gasteiger partial charge in [0, 0.05) is 60.2 Å². The Hall–Kier alpha value is -8.35. The van der Waals surface area contributed by atoms with E-state index in [1.807, 2.05) is 36.4 Å². The summed E-state index contributed by atoms with van der Waals surface area (Å²) >= 11 is 0. The molecule has 0 spiro atoms. The van der Waals surface area contributed by atoms with Gasteiger partial charge in [0.05, 0.1) is 33.1 Å². The minimum Gasteiger partial charge on any atom is -0.309 e. The van der Waals surface area contributed by atoms with E-state index in [0.717, 1.165) is 60.7 Å². The Kier molecular flexibility index (Phi) is 7.21. The zero-order valence-corrected chi connectivity index (χ0v) is 32.8. The second-order valence-corrected chi connectivity index (χ2v) is 15.6. The summed E-state index contributed by atoms with van der Waals surface area (Å²) in [6.07, 6.45) is 0. The van der Waals surface area contributed by atoms with E-state index in [4.69, 9.17) is 15.0 Å². The van der Waals surface area contributed by atoms with Gasteiger partial charge in [0.2, 0.25) is 5.95 Å². The van der Waals surface area contributed by atoms with Crippen LogP contribution in [0.5, 0.6) is 0 Å². The minimum absolute atomic E-state index is 0.564. The molecule has 0 amide bonds. The number of para-hydroxylation sites is 4. The number of fused-ring (bicyclic) bond motifs is 13. The highest BCUT2D eigenvalue weighted by Crippen LogP contribution is 2.46. The molecule has 0 aliphatic rings. The zero-order valence-electron chi connectivity index (χ0n) is 32.8. The van der Waals surface area contributed by atoms with Crippen molar-refractivity contribution in [3.8, 4) is 40.1 Å². The van der Waals surface area contributed by atoms with Crippen LogP contribution in [-0.2, 0) is 0 Å². The van der Waals surface area contributed by atoms with Crippen molar-refractivity contribution in [1.29, 1.82) is 0 Å². The van der Waals surface area contributed by atoms with E-state index in [9.17, 15) is 0 Å². The highest BCUT2D eigenvalue weighted by molar-refractivity contribution is 6.35. The number of hydrogen-bond acceptors (Lipinski definition) is 3. The lowest BCUT2D eigenvalue weighted by molar-refractivity contribution is 0.953. The molecule has 13 rings (SSSR count). The Labute approximate surface area is 349 Å². The molecule has 284 valence electrons. The third-order valence-electron chi connectivity index (χ3n) is 12.3. The molecule has 0 radical (unpaired) electrons. The molecule has 6 heteroatoms. The number of hydrogen-bond donors (Lipinski definition) is 0. The Morgan fingerprint density at radius 1 is 0.279 bits per heavy atom. The molecule has 0 unspecified atom stereocenters. The first-order valence-electron chi connectivity index (χ1n) is 20.6. The summed E-state index contributed by atoms with van der Waals surface area (Å²) in [5.74, 6) is 1.80. The predicted octanol–water partition coefficient (Wildman–Crippen LogP) is 13.7. The summed E-state index contributed by atoms with van der Waals surface area (Å²) < 4.78 is 7.13. The molecule has 61 heavy (non-hydrogen) atoms. The van der Waals surface area contributed by atoms with Gasteiger partial charge in [-0.1, -0.05) is 158 Å². The van der Waals surface area contributed by atoms with Crippen molar-refractivity contribution in [2.24, 2.45) is 0 Å². The number of nitrogens with zero attached hydrogens (tertiary/aromatic N) is 6. The van der Waals surface area contributed by atoms with E-state index in [1.165, 1.54) is 38.0 Å². The second kappa shape index (κ2) is 13.1. The molecule has 6 nitrogen and oxygen atoms in total. The predicted molar refractivity (Wildman–Crippen MR) is 251 cm³/mol. The standard InChI is InChI=1S/C55H34N6/c1-5-17-36(18-6-1)53-56-54(37-19-7-2-8-20-37)58-55(57-53)61-44-27-15-13-25-40(44)41-31-32-43-50-47(60(52(43)51(41)61)39-23-11-4-12-24-39)34-30-35-29-33-46-49(48(35)50)42-26-14-16-28-45(42)59(46)38-21-9-3-10-22-38/h1-34H. The van der Waals surface area contributed by atoms with E-state index < -0.39 is 0 Å². The van der Waals surface area contributed by atoms with Crippen molar-refractivity contribution in [2.75, 3.05) is 0 Å². The summed E-state index contributed by atoms with van der Waals surface area (Å²) in [6, 6.07) is 73.1. The van der Waals surface area contributed by atoms with Crippen LogP contribution >= 0.6 is 0 Å². The Bertz CT molecular complexity index is 3790. The number of aromatic nitrogens is 6. The molecule has 13 aromatic rings. The molecule has 0 fully saturated rings. The molecule has 0 atom stereocenters. The highest BCUT2D eigenvalue weighted by atomic mass is 15.2. The van der Waals surface area contributed by atoms with Crippen LogP contribution in [0.15, 0.2) is 206 Å². The van der Waals surface area contributed by atoms with Crippen molar-refractivity contribution in [3.05, 3.63) is 206 Å². The fraction of sp³-hybridized carbons (Fsp3) is 0. The zero-order chi connectivity index (χ0) is 40.0. The summed E-state index contributed by atoms with van der Waals surface area (Å²) in [5, 5.41) is 9.52. The Balaban J connectivity index is 1.24. The molecule has 0 aliphatic heterocycles. The second-order valence-electron chi connectivity index (χ2n) is 15.6. The molecule has 0 bridgehead atoms. The number of benzene rings is 9. The summed E-state index contributed by atoms with van der Waals surface area (Å²) in [5.41, 5.74) is 10.7. The largest absolute Gasteiger partial charge is 0.309 e. The highest BCUT2D eigenvalue weighted by Gasteiger charge is 2.26. The van der Waals surface area contributed by atoms with Crippen LogP contribution in [0.2, 0.25) is 0 Å². The lowest BCUT2D eigenvalue weighted by Gasteiger charge is -2.13. The van der Waals surface area contributed by atoms with Gasteiger partial charge in [-0.2, -0.15) is 9.97 Å². The van der Waals surface area contributed by atoms with E-state index >= 15 is 0 Å². The van der Waals surface area contributed by atoms with Crippen LogP contribution in [0.4, 0.5) is 0 Å². The van der Waals surface area contributed by atoms with Gasteiger partial charge in [-0.05, 0) is 53.9 Å². The fourth-order valence-corrected chi connectivity index (χ4v) is 9.72. The molecule has 0 saturated heterocycles. The molecular weight excluding hydrogens is 745 g/mol. The molecular formula is C55H34N6. The lowest BCUT2D eigenvalue weighted by atomic mass is 9.98. The first-order valence-corrected chi connectivity index (χ1v) is 20.6. The van der Waals surface area contributed by atoms with Crippen LogP contribution in [0.25, 0.3) is 116 Å². The van der Waals surface area contributed by atoms with Crippen molar-refractivity contribution in [1.82, 2.24) is 28.7 Å². The quantitative estimate of drug-likeness (QED) is 0.175. The molecule has 4 aromatic heterocycles. The van der Waals surface area contributed by atoms with Crippen molar-refractivity contribution < 1.29 is 0 Å². The van der Waals surface area contributed by atoms with Gasteiger partial charge >= 0.3 is 0 Å². The average Bonchev–Trinajstić information content (AvgIpc) is 3.98. The third kappa shape index (κ3) is 4.93. The van der Waals surface area contributed by atoms with Gasteiger partial charge < -0.3 is 9.13 Å². The first kappa shape index (κ1) is 33.6. The SMILES string of the molecule is c1ccc(-c2nc(-c3ccccc3)nc(-n3c4ccccc4c4ccc5c6c7c(ccc8c7c7ccccc7n8-c7ccccc7)ccc6n(-c6ccccc6)c5c43)n2)cc1. The molecule has 9 aromatic carbocycles. The van der Waals surface area contributed by atoms with Gasteiger partial charge in [-0.3, -0.25) is 4.57 Å². The van der Waals surface area contributed by atoms with Gasteiger partial charge in [0.1, 0.15) is 0 Å². The van der Waals surface area contributed by atoms with Crippen LogP contribution in [-0.4, -0.2) is 28.7 Å². The topological polar surface area (TPSA) is 53.5 Å². The maximum atomic E-state index is 5.32. The summed E-state index contributed by atoms with van der Waals surface area (Å²) in [6.45, 7) is 0. The van der Waals surface area contributed by atoms with Crippen molar-refractivity contribution >= 4 is 76.2 Å². The molecule has 0 aliphatic carbocycles. The Morgan fingerprint density at radius 3 is 1.36 bits per heavy atom. The fourth-order valence-electron chi connectivity index (χ4n) is 9.72. The van der Waals surface area contributed by atoms with Crippen LogP contribution in [0.3, 0.4) is 0 Å². The Morgan fingerprint density at radius 2 is 0.738 bits per heavy atom. The summed E-state index contributed by atoms with van der Waals surface area (Å²) in [4.78, 5) is 15.7. The maximum Gasteiger partial charge on any atom is 0.238 e. The normalized spacial score (nSPS) is 11.9. The first-order chi connectivity index (χ1) is 30.3. The maximum absolute atomic E-state index is 5.32. The molecule has 0 saturated carbocycles. The molecule has 4 heterocycles. The lowest BCUT2D eigenvalue weighted by Crippen LogP contribution is -2.07. The minimum atomic E-state index is 0.564. The molecule has 0 N–H and O–H groups in total. The van der Waals surface area contributed by atoms with Crippen molar-refractivity contribution in [2.45, 2.75) is 0 Å². The third-order valence-corrected chi connectivity index (χ3v) is 12.3. The van der Waals surface area contributed by atoms with Crippen LogP contribution in [0.1, 0.15) is 0 Å². The van der Waals surface area contributed by atoms with Gasteiger partial charge in [0.15, 0.2) is 11.6 Å². The smallest absolute Gasteiger partial charge is 0.238 e. The number of rotatable bonds is 5. The average molecular weight is 779 g/mol. The van der Waals surface area contributed by atoms with Crippen molar-refractivity contribution in [3.63, 3.8) is 0 Å². The van der Waals surface area contributed by atoms with E-state index in [0.29, 0.717) is 17.6 Å². The van der Waals surface area contributed by atoms with E-state index in [1.54, 1.807) is 0 Å². The van der Waals surface area contributed by atoms with E-state index in [-0.39, 0.29) is 0 Å².